The lowest BCUT2D eigenvalue weighted by Crippen LogP contribution is -2.51. The lowest BCUT2D eigenvalue weighted by molar-refractivity contribution is 0.170. The minimum absolute atomic E-state index is 0.0673. The molecule has 194 valence electrons. The molecule has 0 saturated carbocycles. The fourth-order valence-electron chi connectivity index (χ4n) is 3.66. The van der Waals surface area contributed by atoms with E-state index in [2.05, 4.69) is 5.32 Å². The molecule has 3 aromatic carbocycles. The van der Waals surface area contributed by atoms with Gasteiger partial charge in [-0.1, -0.05) is 49.4 Å². The van der Waals surface area contributed by atoms with Gasteiger partial charge in [0.2, 0.25) is 0 Å². The number of hydrazine groups is 1. The lowest BCUT2D eigenvalue weighted by atomic mass is 10.1. The van der Waals surface area contributed by atoms with Crippen LogP contribution in [0.25, 0.3) is 11.1 Å². The summed E-state index contributed by atoms with van der Waals surface area (Å²) in [4.78, 5) is 25.5. The van der Waals surface area contributed by atoms with Crippen LogP contribution in [-0.4, -0.2) is 54.5 Å². The van der Waals surface area contributed by atoms with Gasteiger partial charge in [-0.3, -0.25) is 16.1 Å². The Bertz CT molecular complexity index is 1410. The molecule has 5 N–H and O–H groups in total. The van der Waals surface area contributed by atoms with Crippen molar-refractivity contribution < 1.29 is 28.3 Å². The van der Waals surface area contributed by atoms with E-state index < -0.39 is 22.0 Å². The fraction of sp³-hybridized carbons (Fsp3) is 0.160. The number of hydrogen-bond acceptors (Lipinski definition) is 6. The van der Waals surface area contributed by atoms with Crippen LogP contribution in [0.2, 0.25) is 0 Å². The van der Waals surface area contributed by atoms with Crippen LogP contribution >= 0.6 is 0 Å². The van der Waals surface area contributed by atoms with E-state index >= 15 is 0 Å². The van der Waals surface area contributed by atoms with Gasteiger partial charge < -0.3 is 10.4 Å². The van der Waals surface area contributed by atoms with Crippen molar-refractivity contribution in [2.75, 3.05) is 23.1 Å². The first-order chi connectivity index (χ1) is 17.6. The number of amidine groups is 1. The molecular formula is C25H27N5O6S. The predicted octanol–water partition coefficient (Wildman–Crippen LogP) is 4.40. The molecule has 0 aromatic heterocycles. The molecule has 0 fully saturated rings. The van der Waals surface area contributed by atoms with Gasteiger partial charge >= 0.3 is 12.1 Å². The van der Waals surface area contributed by atoms with E-state index in [0.717, 1.165) is 16.3 Å². The molecule has 0 radical (unpaired) electrons. The number of sulfone groups is 1. The van der Waals surface area contributed by atoms with Crippen molar-refractivity contribution in [3.63, 3.8) is 0 Å². The first kappa shape index (κ1) is 27.2. The Hall–Kier alpha value is -4.42. The van der Waals surface area contributed by atoms with Crippen molar-refractivity contribution in [2.24, 2.45) is 0 Å². The molecule has 0 spiro atoms. The summed E-state index contributed by atoms with van der Waals surface area (Å²) in [7, 11) is -3.45. The van der Waals surface area contributed by atoms with Crippen LogP contribution in [-0.2, 0) is 9.84 Å². The topological polar surface area (TPSA) is 163 Å². The van der Waals surface area contributed by atoms with Crippen molar-refractivity contribution in [3.8, 4) is 11.1 Å². The number of anilines is 2. The molecule has 11 nitrogen and oxygen atoms in total. The Morgan fingerprint density at radius 3 is 2.27 bits per heavy atom. The van der Waals surface area contributed by atoms with Crippen LogP contribution in [0.5, 0.6) is 0 Å². The average molecular weight is 526 g/mol. The molecule has 0 aliphatic rings. The van der Waals surface area contributed by atoms with E-state index in [1.54, 1.807) is 54.9 Å². The van der Waals surface area contributed by atoms with Crippen LogP contribution in [0.1, 0.15) is 18.9 Å². The maximum atomic E-state index is 13.2. The number of hydrogen-bond donors (Lipinski definition) is 5. The van der Waals surface area contributed by atoms with E-state index in [0.29, 0.717) is 23.2 Å². The molecule has 0 heterocycles. The molecule has 0 aliphatic heterocycles. The zero-order chi connectivity index (χ0) is 27.2. The van der Waals surface area contributed by atoms with Gasteiger partial charge in [-0.05, 0) is 42.3 Å². The Kier molecular flexibility index (Phi) is 8.48. The monoisotopic (exact) mass is 525 g/mol. The van der Waals surface area contributed by atoms with Crippen LogP contribution in [0.3, 0.4) is 0 Å². The maximum absolute atomic E-state index is 13.2. The number of urea groups is 1. The normalized spacial score (nSPS) is 10.9. The lowest BCUT2D eigenvalue weighted by Gasteiger charge is -2.32. The molecule has 0 atom stereocenters. The molecule has 0 unspecified atom stereocenters. The zero-order valence-electron chi connectivity index (χ0n) is 20.2. The Morgan fingerprint density at radius 2 is 1.68 bits per heavy atom. The highest BCUT2D eigenvalue weighted by atomic mass is 32.2. The SMILES string of the molecule is CCCN(C(=O)Nc1ccc(-c2ccccc2S(C)(=O)=O)cc1)N(C(=O)O)c1cccc(C(=N)NO)c1. The number of carbonyl (C=O) groups is 2. The van der Waals surface area contributed by atoms with E-state index in [-0.39, 0.29) is 28.5 Å². The van der Waals surface area contributed by atoms with Gasteiger partial charge in [-0.15, -0.1) is 0 Å². The van der Waals surface area contributed by atoms with Gasteiger partial charge in [0.05, 0.1) is 10.6 Å². The third kappa shape index (κ3) is 6.42. The number of nitrogens with one attached hydrogen (secondary N) is 3. The summed E-state index contributed by atoms with van der Waals surface area (Å²) >= 11 is 0. The first-order valence-corrected chi connectivity index (χ1v) is 13.1. The van der Waals surface area contributed by atoms with Gasteiger partial charge in [0.15, 0.2) is 9.84 Å². The summed E-state index contributed by atoms with van der Waals surface area (Å²) in [5, 5.41) is 31.1. The largest absolute Gasteiger partial charge is 0.463 e. The van der Waals surface area contributed by atoms with Crippen LogP contribution in [0.15, 0.2) is 77.7 Å². The van der Waals surface area contributed by atoms with Crippen LogP contribution < -0.4 is 15.8 Å². The third-order valence-electron chi connectivity index (χ3n) is 5.32. The minimum atomic E-state index is -3.45. The first-order valence-electron chi connectivity index (χ1n) is 11.2. The molecule has 0 bridgehead atoms. The summed E-state index contributed by atoms with van der Waals surface area (Å²) in [6, 6.07) is 18.2. The average Bonchev–Trinajstić information content (AvgIpc) is 2.88. The highest BCUT2D eigenvalue weighted by Gasteiger charge is 2.27. The number of carboxylic acid groups (broad SMARTS) is 1. The van der Waals surface area contributed by atoms with E-state index in [9.17, 15) is 23.1 Å². The van der Waals surface area contributed by atoms with Gasteiger partial charge in [-0.2, -0.15) is 5.01 Å². The molecule has 3 amide bonds. The van der Waals surface area contributed by atoms with Gasteiger partial charge in [-0.25, -0.2) is 23.0 Å². The van der Waals surface area contributed by atoms with Crippen LogP contribution in [0.4, 0.5) is 21.0 Å². The summed E-state index contributed by atoms with van der Waals surface area (Å²) in [5.41, 5.74) is 3.55. The molecule has 0 aliphatic carbocycles. The van der Waals surface area contributed by atoms with Crippen molar-refractivity contribution in [1.82, 2.24) is 10.5 Å². The van der Waals surface area contributed by atoms with Crippen molar-refractivity contribution >= 4 is 39.2 Å². The number of hydroxylamine groups is 1. The highest BCUT2D eigenvalue weighted by Crippen LogP contribution is 2.28. The number of rotatable bonds is 7. The standard InChI is InChI=1S/C25H27N5O6S/c1-3-15-29(30(25(32)33)20-8-6-7-18(16-20)23(26)28-34)24(31)27-19-13-11-17(12-14-19)21-9-4-5-10-22(21)37(2,35)36/h4-14,16,34H,3,15H2,1-2H3,(H2,26,28)(H,27,31)(H,32,33). The molecule has 0 saturated heterocycles. The Balaban J connectivity index is 1.89. The predicted molar refractivity (Wildman–Crippen MR) is 140 cm³/mol. The maximum Gasteiger partial charge on any atom is 0.431 e. The number of benzene rings is 3. The van der Waals surface area contributed by atoms with Gasteiger partial charge in [0.25, 0.3) is 0 Å². The second-order valence-corrected chi connectivity index (χ2v) is 10.0. The van der Waals surface area contributed by atoms with Crippen molar-refractivity contribution in [3.05, 3.63) is 78.4 Å². The molecule has 12 heteroatoms. The third-order valence-corrected chi connectivity index (χ3v) is 6.47. The Morgan fingerprint density at radius 1 is 1.00 bits per heavy atom. The molecule has 37 heavy (non-hydrogen) atoms. The minimum Gasteiger partial charge on any atom is -0.463 e. The second-order valence-electron chi connectivity index (χ2n) is 8.03. The van der Waals surface area contributed by atoms with Crippen molar-refractivity contribution in [1.29, 1.82) is 5.41 Å². The Labute approximate surface area is 214 Å². The second kappa shape index (κ2) is 11.5. The zero-order valence-corrected chi connectivity index (χ0v) is 21.0. The van der Waals surface area contributed by atoms with E-state index in [4.69, 9.17) is 10.6 Å². The molecule has 3 rings (SSSR count). The quantitative estimate of drug-likeness (QED) is 0.173. The highest BCUT2D eigenvalue weighted by molar-refractivity contribution is 7.90. The molecule has 3 aromatic rings. The van der Waals surface area contributed by atoms with E-state index in [1.807, 2.05) is 0 Å². The number of carbonyl (C=O) groups excluding carboxylic acids is 1. The van der Waals surface area contributed by atoms with Crippen LogP contribution in [0, 0.1) is 5.41 Å². The summed E-state index contributed by atoms with van der Waals surface area (Å²) < 4.78 is 24.3. The van der Waals surface area contributed by atoms with Gasteiger partial charge in [0.1, 0.15) is 5.84 Å². The number of amides is 3. The fourth-order valence-corrected chi connectivity index (χ4v) is 4.58. The smallest absolute Gasteiger partial charge is 0.431 e. The van der Waals surface area contributed by atoms with E-state index in [1.165, 1.54) is 30.3 Å². The van der Waals surface area contributed by atoms with Crippen molar-refractivity contribution in [2.45, 2.75) is 18.2 Å². The molecular weight excluding hydrogens is 498 g/mol. The summed E-state index contributed by atoms with van der Waals surface area (Å²) in [5.74, 6) is -0.337. The summed E-state index contributed by atoms with van der Waals surface area (Å²) in [6.07, 6.45) is 0.166. The summed E-state index contributed by atoms with van der Waals surface area (Å²) in [6.45, 7) is 1.86. The number of nitrogens with zero attached hydrogens (tertiary/aromatic N) is 2. The van der Waals surface area contributed by atoms with Gasteiger partial charge in [0, 0.05) is 29.6 Å².